The molecule has 0 aliphatic carbocycles. The van der Waals surface area contributed by atoms with E-state index >= 15 is 0 Å². The van der Waals surface area contributed by atoms with Gasteiger partial charge >= 0.3 is 0 Å². The van der Waals surface area contributed by atoms with Crippen LogP contribution in [0.2, 0.25) is 0 Å². The van der Waals surface area contributed by atoms with Gasteiger partial charge < -0.3 is 5.32 Å². The lowest BCUT2D eigenvalue weighted by Crippen LogP contribution is -2.18. The van der Waals surface area contributed by atoms with Gasteiger partial charge in [-0.05, 0) is 31.7 Å². The number of thioether (sulfide) groups is 1. The number of hydrogen-bond donors (Lipinski definition) is 1. The maximum Gasteiger partial charge on any atom is 0.00162 e. The standard InChI is InChI=1S/C9H21NS/c1-5-9(3)11-7-8(2)6-10-4/h8-10H,5-7H2,1-4H3. The van der Waals surface area contributed by atoms with Crippen molar-refractivity contribution < 1.29 is 0 Å². The maximum atomic E-state index is 3.20. The van der Waals surface area contributed by atoms with Crippen LogP contribution in [0.15, 0.2) is 0 Å². The van der Waals surface area contributed by atoms with Crippen LogP contribution < -0.4 is 5.32 Å². The zero-order chi connectivity index (χ0) is 8.69. The van der Waals surface area contributed by atoms with Gasteiger partial charge in [0.15, 0.2) is 0 Å². The first-order chi connectivity index (χ1) is 5.20. The first-order valence-electron chi connectivity index (χ1n) is 4.46. The molecule has 2 unspecified atom stereocenters. The van der Waals surface area contributed by atoms with Gasteiger partial charge in [-0.2, -0.15) is 11.8 Å². The minimum absolute atomic E-state index is 0.805. The van der Waals surface area contributed by atoms with Gasteiger partial charge in [-0.3, -0.25) is 0 Å². The Labute approximate surface area is 75.3 Å². The molecule has 1 N–H and O–H groups in total. The van der Waals surface area contributed by atoms with Crippen LogP contribution in [0.1, 0.15) is 27.2 Å². The van der Waals surface area contributed by atoms with Crippen molar-refractivity contribution in [2.75, 3.05) is 19.3 Å². The molecule has 0 heterocycles. The number of nitrogens with one attached hydrogen (secondary N) is 1. The van der Waals surface area contributed by atoms with Gasteiger partial charge in [0.05, 0.1) is 0 Å². The summed E-state index contributed by atoms with van der Waals surface area (Å²) in [6.45, 7) is 7.99. The summed E-state index contributed by atoms with van der Waals surface area (Å²) in [5.74, 6) is 2.09. The minimum atomic E-state index is 0.805. The largest absolute Gasteiger partial charge is 0.319 e. The van der Waals surface area contributed by atoms with Gasteiger partial charge in [0.25, 0.3) is 0 Å². The van der Waals surface area contributed by atoms with E-state index in [2.05, 4.69) is 37.8 Å². The molecule has 2 atom stereocenters. The molecule has 0 rings (SSSR count). The Kier molecular flexibility index (Phi) is 7.18. The third-order valence-electron chi connectivity index (χ3n) is 1.79. The van der Waals surface area contributed by atoms with E-state index in [1.807, 2.05) is 7.05 Å². The van der Waals surface area contributed by atoms with Gasteiger partial charge in [-0.15, -0.1) is 0 Å². The second-order valence-corrected chi connectivity index (χ2v) is 4.69. The topological polar surface area (TPSA) is 12.0 Å². The molecule has 11 heavy (non-hydrogen) atoms. The fourth-order valence-corrected chi connectivity index (χ4v) is 1.86. The molecule has 0 aromatic carbocycles. The summed E-state index contributed by atoms with van der Waals surface area (Å²) in [5, 5.41) is 4.02. The summed E-state index contributed by atoms with van der Waals surface area (Å²) in [5.41, 5.74) is 0. The predicted molar refractivity (Wildman–Crippen MR) is 55.3 cm³/mol. The molecule has 0 saturated heterocycles. The molecule has 0 bridgehead atoms. The Bertz CT molecular complexity index is 85.6. The van der Waals surface area contributed by atoms with E-state index in [4.69, 9.17) is 0 Å². The fourth-order valence-electron chi connectivity index (χ4n) is 0.854. The smallest absolute Gasteiger partial charge is 0.00162 e. The molecule has 0 aliphatic heterocycles. The van der Waals surface area contributed by atoms with Gasteiger partial charge in [0, 0.05) is 5.25 Å². The van der Waals surface area contributed by atoms with Crippen molar-refractivity contribution in [1.82, 2.24) is 5.32 Å². The summed E-state index contributed by atoms with van der Waals surface area (Å²) < 4.78 is 0. The van der Waals surface area contributed by atoms with Crippen LogP contribution in [0.3, 0.4) is 0 Å². The van der Waals surface area contributed by atoms with Crippen LogP contribution in [0.5, 0.6) is 0 Å². The lowest BCUT2D eigenvalue weighted by Gasteiger charge is -2.13. The van der Waals surface area contributed by atoms with E-state index in [-0.39, 0.29) is 0 Å². The SMILES string of the molecule is CCC(C)SCC(C)CNC. The Hall–Kier alpha value is 0.310. The molecular weight excluding hydrogens is 154 g/mol. The van der Waals surface area contributed by atoms with Gasteiger partial charge in [-0.1, -0.05) is 20.8 Å². The predicted octanol–water partition coefficient (Wildman–Crippen LogP) is 2.37. The average Bonchev–Trinajstić information content (AvgIpc) is 2.01. The molecule has 0 spiro atoms. The first kappa shape index (κ1) is 11.3. The zero-order valence-corrected chi connectivity index (χ0v) is 9.00. The Morgan fingerprint density at radius 3 is 2.45 bits per heavy atom. The highest BCUT2D eigenvalue weighted by molar-refractivity contribution is 7.99. The summed E-state index contributed by atoms with van der Waals surface area (Å²) in [6.07, 6.45) is 1.29. The lowest BCUT2D eigenvalue weighted by atomic mass is 10.2. The Balaban J connectivity index is 3.22. The van der Waals surface area contributed by atoms with Crippen LogP contribution in [0.4, 0.5) is 0 Å². The zero-order valence-electron chi connectivity index (χ0n) is 8.18. The molecule has 0 saturated carbocycles. The second-order valence-electron chi connectivity index (χ2n) is 3.22. The molecular formula is C9H21NS. The van der Waals surface area contributed by atoms with E-state index in [0.717, 1.165) is 17.7 Å². The van der Waals surface area contributed by atoms with Gasteiger partial charge in [0.1, 0.15) is 0 Å². The molecule has 0 amide bonds. The first-order valence-corrected chi connectivity index (χ1v) is 5.51. The van der Waals surface area contributed by atoms with Crippen molar-refractivity contribution in [3.05, 3.63) is 0 Å². The van der Waals surface area contributed by atoms with Crippen molar-refractivity contribution in [3.63, 3.8) is 0 Å². The fraction of sp³-hybridized carbons (Fsp3) is 1.00. The van der Waals surface area contributed by atoms with Crippen LogP contribution >= 0.6 is 11.8 Å². The quantitative estimate of drug-likeness (QED) is 0.665. The summed E-state index contributed by atoms with van der Waals surface area (Å²) in [6, 6.07) is 0. The molecule has 2 heteroatoms. The normalized spacial score (nSPS) is 16.4. The molecule has 0 fully saturated rings. The lowest BCUT2D eigenvalue weighted by molar-refractivity contribution is 0.602. The Morgan fingerprint density at radius 2 is 2.00 bits per heavy atom. The summed E-state index contributed by atoms with van der Waals surface area (Å²) in [4.78, 5) is 0. The van der Waals surface area contributed by atoms with Crippen LogP contribution in [0.25, 0.3) is 0 Å². The highest BCUT2D eigenvalue weighted by Gasteiger charge is 2.03. The van der Waals surface area contributed by atoms with Crippen LogP contribution in [-0.4, -0.2) is 24.6 Å². The average molecular weight is 175 g/mol. The van der Waals surface area contributed by atoms with E-state index in [9.17, 15) is 0 Å². The molecule has 0 radical (unpaired) electrons. The van der Waals surface area contributed by atoms with Gasteiger partial charge in [0.2, 0.25) is 0 Å². The molecule has 0 aromatic heterocycles. The third kappa shape index (κ3) is 6.70. The van der Waals surface area contributed by atoms with Crippen LogP contribution in [0, 0.1) is 5.92 Å². The number of hydrogen-bond acceptors (Lipinski definition) is 2. The molecule has 68 valence electrons. The van der Waals surface area contributed by atoms with Crippen molar-refractivity contribution in [3.8, 4) is 0 Å². The van der Waals surface area contributed by atoms with Crippen molar-refractivity contribution in [1.29, 1.82) is 0 Å². The monoisotopic (exact) mass is 175 g/mol. The van der Waals surface area contributed by atoms with E-state index in [0.29, 0.717) is 0 Å². The highest BCUT2D eigenvalue weighted by Crippen LogP contribution is 2.16. The van der Waals surface area contributed by atoms with Crippen molar-refractivity contribution in [2.45, 2.75) is 32.4 Å². The van der Waals surface area contributed by atoms with Crippen molar-refractivity contribution >= 4 is 11.8 Å². The molecule has 0 aliphatic rings. The minimum Gasteiger partial charge on any atom is -0.319 e. The van der Waals surface area contributed by atoms with Crippen molar-refractivity contribution in [2.24, 2.45) is 5.92 Å². The molecule has 0 aromatic rings. The maximum absolute atomic E-state index is 3.20. The highest BCUT2D eigenvalue weighted by atomic mass is 32.2. The van der Waals surface area contributed by atoms with E-state index in [1.165, 1.54) is 12.2 Å². The van der Waals surface area contributed by atoms with Crippen LogP contribution in [-0.2, 0) is 0 Å². The molecule has 1 nitrogen and oxygen atoms in total. The Morgan fingerprint density at radius 1 is 1.36 bits per heavy atom. The van der Waals surface area contributed by atoms with E-state index < -0.39 is 0 Å². The number of rotatable bonds is 6. The van der Waals surface area contributed by atoms with E-state index in [1.54, 1.807) is 0 Å². The summed E-state index contributed by atoms with van der Waals surface area (Å²) in [7, 11) is 2.02. The summed E-state index contributed by atoms with van der Waals surface area (Å²) >= 11 is 2.08. The van der Waals surface area contributed by atoms with Gasteiger partial charge in [-0.25, -0.2) is 0 Å². The third-order valence-corrected chi connectivity index (χ3v) is 3.46. The second kappa shape index (κ2) is 6.99.